The fourth-order valence-electron chi connectivity index (χ4n) is 3.63. The zero-order chi connectivity index (χ0) is 17.9. The van der Waals surface area contributed by atoms with Crippen molar-refractivity contribution in [1.29, 1.82) is 0 Å². The van der Waals surface area contributed by atoms with E-state index >= 15 is 0 Å². The molecular formula is C21H24N2O3. The summed E-state index contributed by atoms with van der Waals surface area (Å²) < 4.78 is 10.8. The van der Waals surface area contributed by atoms with Crippen LogP contribution < -0.4 is 14.4 Å². The van der Waals surface area contributed by atoms with Crippen molar-refractivity contribution in [3.8, 4) is 11.5 Å². The second-order valence-corrected chi connectivity index (χ2v) is 6.73. The molecule has 4 rings (SSSR count). The van der Waals surface area contributed by atoms with Crippen molar-refractivity contribution in [2.24, 2.45) is 0 Å². The van der Waals surface area contributed by atoms with E-state index in [0.29, 0.717) is 13.2 Å². The first-order valence-electron chi connectivity index (χ1n) is 9.23. The van der Waals surface area contributed by atoms with Gasteiger partial charge in [0.1, 0.15) is 0 Å². The number of hydrogen-bond donors (Lipinski definition) is 0. The zero-order valence-electron chi connectivity index (χ0n) is 15.1. The normalized spacial score (nSPS) is 14.8. The van der Waals surface area contributed by atoms with E-state index in [2.05, 4.69) is 24.0 Å². The molecule has 2 heterocycles. The topological polar surface area (TPSA) is 42.0 Å². The van der Waals surface area contributed by atoms with Crippen molar-refractivity contribution in [3.63, 3.8) is 0 Å². The Balaban J connectivity index is 1.35. The fraction of sp³-hybridized carbons (Fsp3) is 0.381. The SMILES string of the molecule is CCN(CCC(=O)N1CCc2ccccc21)Cc1ccc2c(c1)OCO2. The third-order valence-electron chi connectivity index (χ3n) is 5.12. The highest BCUT2D eigenvalue weighted by Crippen LogP contribution is 2.33. The molecule has 0 bridgehead atoms. The summed E-state index contributed by atoms with van der Waals surface area (Å²) in [4.78, 5) is 16.9. The van der Waals surface area contributed by atoms with Gasteiger partial charge in [-0.3, -0.25) is 9.69 Å². The Labute approximate surface area is 154 Å². The minimum absolute atomic E-state index is 0.207. The van der Waals surface area contributed by atoms with Crippen molar-refractivity contribution in [2.75, 3.05) is 31.3 Å². The molecule has 0 atom stereocenters. The maximum absolute atomic E-state index is 12.7. The van der Waals surface area contributed by atoms with Gasteiger partial charge in [0.15, 0.2) is 11.5 Å². The van der Waals surface area contributed by atoms with Gasteiger partial charge in [0.05, 0.1) is 0 Å². The largest absolute Gasteiger partial charge is 0.454 e. The summed E-state index contributed by atoms with van der Waals surface area (Å²) in [6.45, 7) is 5.68. The minimum atomic E-state index is 0.207. The second kappa shape index (κ2) is 7.38. The van der Waals surface area contributed by atoms with Crippen LogP contribution in [-0.4, -0.2) is 37.2 Å². The molecule has 0 saturated heterocycles. The molecule has 0 spiro atoms. The number of para-hydroxylation sites is 1. The van der Waals surface area contributed by atoms with Crippen molar-refractivity contribution >= 4 is 11.6 Å². The number of benzene rings is 2. The van der Waals surface area contributed by atoms with Crippen LogP contribution in [0, 0.1) is 0 Å². The van der Waals surface area contributed by atoms with Crippen LogP contribution in [0.1, 0.15) is 24.5 Å². The number of nitrogens with zero attached hydrogens (tertiary/aromatic N) is 2. The Morgan fingerprint density at radius 1 is 1.15 bits per heavy atom. The highest BCUT2D eigenvalue weighted by molar-refractivity contribution is 5.95. The van der Waals surface area contributed by atoms with E-state index in [9.17, 15) is 4.79 Å². The molecule has 0 radical (unpaired) electrons. The van der Waals surface area contributed by atoms with Gasteiger partial charge in [-0.2, -0.15) is 0 Å². The van der Waals surface area contributed by atoms with Gasteiger partial charge in [0.2, 0.25) is 12.7 Å². The lowest BCUT2D eigenvalue weighted by Gasteiger charge is -2.23. The summed E-state index contributed by atoms with van der Waals surface area (Å²) in [5, 5.41) is 0. The number of carbonyl (C=O) groups excluding carboxylic acids is 1. The zero-order valence-corrected chi connectivity index (χ0v) is 15.1. The molecular weight excluding hydrogens is 328 g/mol. The molecule has 5 nitrogen and oxygen atoms in total. The van der Waals surface area contributed by atoms with Crippen molar-refractivity contribution < 1.29 is 14.3 Å². The average Bonchev–Trinajstić information content (AvgIpc) is 3.31. The third-order valence-corrected chi connectivity index (χ3v) is 5.12. The molecule has 136 valence electrons. The van der Waals surface area contributed by atoms with E-state index in [1.807, 2.05) is 35.2 Å². The summed E-state index contributed by atoms with van der Waals surface area (Å²) in [5.41, 5.74) is 3.53. The Kier molecular flexibility index (Phi) is 4.80. The molecule has 2 aliphatic rings. The molecule has 0 saturated carbocycles. The van der Waals surface area contributed by atoms with E-state index in [1.54, 1.807) is 0 Å². The molecule has 0 unspecified atom stereocenters. The van der Waals surface area contributed by atoms with Crippen LogP contribution in [-0.2, 0) is 17.8 Å². The lowest BCUT2D eigenvalue weighted by molar-refractivity contribution is -0.118. The predicted molar refractivity (Wildman–Crippen MR) is 101 cm³/mol. The summed E-state index contributed by atoms with van der Waals surface area (Å²) >= 11 is 0. The van der Waals surface area contributed by atoms with Crippen LogP contribution in [0.2, 0.25) is 0 Å². The fourth-order valence-corrected chi connectivity index (χ4v) is 3.63. The molecule has 2 aromatic rings. The van der Waals surface area contributed by atoms with Gasteiger partial charge >= 0.3 is 0 Å². The summed E-state index contributed by atoms with van der Waals surface area (Å²) in [5.74, 6) is 1.82. The maximum Gasteiger partial charge on any atom is 0.231 e. The van der Waals surface area contributed by atoms with E-state index in [-0.39, 0.29) is 5.91 Å². The first kappa shape index (κ1) is 16.9. The predicted octanol–water partition coefficient (Wildman–Crippen LogP) is 3.22. The summed E-state index contributed by atoms with van der Waals surface area (Å²) in [6, 6.07) is 14.3. The second-order valence-electron chi connectivity index (χ2n) is 6.73. The van der Waals surface area contributed by atoms with Gasteiger partial charge in [0.25, 0.3) is 0 Å². The minimum Gasteiger partial charge on any atom is -0.454 e. The van der Waals surface area contributed by atoms with Crippen LogP contribution >= 0.6 is 0 Å². The molecule has 26 heavy (non-hydrogen) atoms. The van der Waals surface area contributed by atoms with Crippen molar-refractivity contribution in [1.82, 2.24) is 4.90 Å². The Hall–Kier alpha value is -2.53. The van der Waals surface area contributed by atoms with E-state index in [4.69, 9.17) is 9.47 Å². The van der Waals surface area contributed by atoms with Crippen LogP contribution in [0.15, 0.2) is 42.5 Å². The molecule has 5 heteroatoms. The maximum atomic E-state index is 12.7. The molecule has 1 amide bonds. The van der Waals surface area contributed by atoms with Crippen molar-refractivity contribution in [3.05, 3.63) is 53.6 Å². The number of hydrogen-bond acceptors (Lipinski definition) is 4. The standard InChI is InChI=1S/C21H24N2O3/c1-2-22(14-16-7-8-19-20(13-16)26-15-25-19)11-10-21(24)23-12-9-17-5-3-4-6-18(17)23/h3-8,13H,2,9-12,14-15H2,1H3. The van der Waals surface area contributed by atoms with E-state index < -0.39 is 0 Å². The monoisotopic (exact) mass is 352 g/mol. The Bertz CT molecular complexity index is 806. The lowest BCUT2D eigenvalue weighted by atomic mass is 10.1. The number of fused-ring (bicyclic) bond motifs is 2. The first-order chi connectivity index (χ1) is 12.7. The van der Waals surface area contributed by atoms with Gasteiger partial charge < -0.3 is 14.4 Å². The molecule has 0 N–H and O–H groups in total. The summed E-state index contributed by atoms with van der Waals surface area (Å²) in [6.07, 6.45) is 1.49. The van der Waals surface area contributed by atoms with Gasteiger partial charge in [-0.1, -0.05) is 31.2 Å². The number of carbonyl (C=O) groups is 1. The Morgan fingerprint density at radius 2 is 2.00 bits per heavy atom. The molecule has 2 aliphatic heterocycles. The molecule has 0 fully saturated rings. The first-order valence-corrected chi connectivity index (χ1v) is 9.23. The van der Waals surface area contributed by atoms with E-state index in [0.717, 1.165) is 49.8 Å². The van der Waals surface area contributed by atoms with Crippen LogP contribution in [0.25, 0.3) is 0 Å². The number of rotatable bonds is 6. The van der Waals surface area contributed by atoms with Gasteiger partial charge in [-0.05, 0) is 42.3 Å². The number of anilines is 1. The van der Waals surface area contributed by atoms with E-state index in [1.165, 1.54) is 11.1 Å². The molecule has 2 aromatic carbocycles. The van der Waals surface area contributed by atoms with Crippen LogP contribution in [0.4, 0.5) is 5.69 Å². The highest BCUT2D eigenvalue weighted by atomic mass is 16.7. The van der Waals surface area contributed by atoms with Gasteiger partial charge in [0, 0.05) is 31.7 Å². The smallest absolute Gasteiger partial charge is 0.231 e. The molecule has 0 aliphatic carbocycles. The van der Waals surface area contributed by atoms with Crippen LogP contribution in [0.5, 0.6) is 11.5 Å². The number of amides is 1. The molecule has 0 aromatic heterocycles. The lowest BCUT2D eigenvalue weighted by Crippen LogP contribution is -2.33. The quantitative estimate of drug-likeness (QED) is 0.801. The van der Waals surface area contributed by atoms with Gasteiger partial charge in [-0.15, -0.1) is 0 Å². The number of ether oxygens (including phenoxy) is 2. The van der Waals surface area contributed by atoms with Crippen LogP contribution in [0.3, 0.4) is 0 Å². The Morgan fingerprint density at radius 3 is 2.88 bits per heavy atom. The average molecular weight is 352 g/mol. The summed E-state index contributed by atoms with van der Waals surface area (Å²) in [7, 11) is 0. The van der Waals surface area contributed by atoms with Gasteiger partial charge in [-0.25, -0.2) is 0 Å². The third kappa shape index (κ3) is 3.40. The van der Waals surface area contributed by atoms with Crippen molar-refractivity contribution in [2.45, 2.75) is 26.3 Å². The highest BCUT2D eigenvalue weighted by Gasteiger charge is 2.24.